The van der Waals surface area contributed by atoms with Crippen molar-refractivity contribution in [3.8, 4) is 0 Å². The molecule has 0 aliphatic carbocycles. The molecule has 1 saturated heterocycles. The number of pyridine rings is 1. The number of aryl methyl sites for hydroxylation is 1. The van der Waals surface area contributed by atoms with Crippen molar-refractivity contribution in [1.29, 1.82) is 0 Å². The first-order chi connectivity index (χ1) is 12.6. The Balaban J connectivity index is 1.71. The molecule has 0 unspecified atom stereocenters. The normalized spacial score (nSPS) is 14.2. The van der Waals surface area contributed by atoms with Crippen LogP contribution in [0, 0.1) is 6.92 Å². The average molecular weight is 357 g/mol. The molecular weight excluding hydrogens is 334 g/mol. The zero-order valence-corrected chi connectivity index (χ0v) is 15.0. The molecule has 1 fully saturated rings. The van der Waals surface area contributed by atoms with E-state index >= 15 is 0 Å². The van der Waals surface area contributed by atoms with E-state index in [0.29, 0.717) is 55.9 Å². The number of nitrogens with one attached hydrogen (secondary N) is 1. The molecule has 9 heteroatoms. The number of nitrogens with zero attached hydrogens (tertiary/aromatic N) is 5. The van der Waals surface area contributed by atoms with Gasteiger partial charge in [-0.1, -0.05) is 0 Å². The number of rotatable bonds is 4. The lowest BCUT2D eigenvalue weighted by molar-refractivity contribution is 0.105. The fourth-order valence-corrected chi connectivity index (χ4v) is 2.78. The van der Waals surface area contributed by atoms with Gasteiger partial charge in [0.05, 0.1) is 6.61 Å². The Morgan fingerprint density at radius 2 is 2.04 bits per heavy atom. The molecule has 1 aliphatic rings. The van der Waals surface area contributed by atoms with Gasteiger partial charge in [0.1, 0.15) is 17.8 Å². The number of hydrogen-bond donors (Lipinski definition) is 2. The summed E-state index contributed by atoms with van der Waals surface area (Å²) in [7, 11) is 0. The van der Waals surface area contributed by atoms with Gasteiger partial charge in [-0.25, -0.2) is 19.7 Å². The van der Waals surface area contributed by atoms with Gasteiger partial charge in [-0.15, -0.1) is 0 Å². The van der Waals surface area contributed by atoms with Crippen LogP contribution in [0.2, 0.25) is 0 Å². The molecule has 3 N–H and O–H groups in total. The lowest BCUT2D eigenvalue weighted by Crippen LogP contribution is -2.49. The highest BCUT2D eigenvalue weighted by atomic mass is 16.6. The van der Waals surface area contributed by atoms with Crippen molar-refractivity contribution in [2.45, 2.75) is 13.8 Å². The summed E-state index contributed by atoms with van der Waals surface area (Å²) in [4.78, 5) is 28.4. The molecule has 0 atom stereocenters. The maximum absolute atomic E-state index is 11.8. The lowest BCUT2D eigenvalue weighted by Gasteiger charge is -2.35. The molecule has 2 aromatic rings. The second-order valence-corrected chi connectivity index (χ2v) is 5.98. The summed E-state index contributed by atoms with van der Waals surface area (Å²) in [5.41, 5.74) is 7.83. The van der Waals surface area contributed by atoms with Crippen molar-refractivity contribution in [2.75, 3.05) is 48.7 Å². The average Bonchev–Trinajstić information content (AvgIpc) is 2.64. The lowest BCUT2D eigenvalue weighted by atomic mass is 10.3. The highest BCUT2D eigenvalue weighted by molar-refractivity contribution is 5.78. The summed E-state index contributed by atoms with van der Waals surface area (Å²) in [6, 6.07) is 3.84. The van der Waals surface area contributed by atoms with E-state index in [9.17, 15) is 4.79 Å². The minimum Gasteiger partial charge on any atom is -0.450 e. The van der Waals surface area contributed by atoms with Gasteiger partial charge in [0.2, 0.25) is 0 Å². The predicted molar refractivity (Wildman–Crippen MR) is 99.5 cm³/mol. The van der Waals surface area contributed by atoms with Crippen LogP contribution in [0.1, 0.15) is 12.5 Å². The van der Waals surface area contributed by atoms with Gasteiger partial charge in [0, 0.05) is 32.4 Å². The molecule has 0 saturated carbocycles. The first-order valence-electron chi connectivity index (χ1n) is 8.55. The molecular formula is C17H23N7O2. The van der Waals surface area contributed by atoms with Gasteiger partial charge in [0.15, 0.2) is 11.6 Å². The minimum absolute atomic E-state index is 0.282. The van der Waals surface area contributed by atoms with Crippen LogP contribution in [0.25, 0.3) is 0 Å². The summed E-state index contributed by atoms with van der Waals surface area (Å²) in [6.07, 6.45) is 2.92. The summed E-state index contributed by atoms with van der Waals surface area (Å²) in [5.74, 6) is 1.84. The minimum atomic E-state index is -0.282. The van der Waals surface area contributed by atoms with E-state index in [1.165, 1.54) is 6.33 Å². The smallest absolute Gasteiger partial charge is 0.409 e. The van der Waals surface area contributed by atoms with E-state index in [1.807, 2.05) is 24.0 Å². The van der Waals surface area contributed by atoms with Gasteiger partial charge in [0.25, 0.3) is 0 Å². The fraction of sp³-hybridized carbons (Fsp3) is 0.412. The van der Waals surface area contributed by atoms with Crippen molar-refractivity contribution in [3.63, 3.8) is 0 Å². The Hall–Kier alpha value is -3.10. The quantitative estimate of drug-likeness (QED) is 0.852. The van der Waals surface area contributed by atoms with Crippen LogP contribution < -0.4 is 16.0 Å². The van der Waals surface area contributed by atoms with Gasteiger partial charge in [-0.3, -0.25) is 0 Å². The predicted octanol–water partition coefficient (Wildman–Crippen LogP) is 1.78. The maximum atomic E-state index is 11.8. The number of aromatic nitrogens is 3. The van der Waals surface area contributed by atoms with Gasteiger partial charge in [-0.2, -0.15) is 0 Å². The van der Waals surface area contributed by atoms with Crippen molar-refractivity contribution in [1.82, 2.24) is 19.9 Å². The third-order valence-electron chi connectivity index (χ3n) is 4.13. The first-order valence-corrected chi connectivity index (χ1v) is 8.55. The Labute approximate surface area is 152 Å². The van der Waals surface area contributed by atoms with Crippen molar-refractivity contribution >= 4 is 29.2 Å². The van der Waals surface area contributed by atoms with Crippen molar-refractivity contribution in [2.24, 2.45) is 0 Å². The van der Waals surface area contributed by atoms with Crippen LogP contribution in [0.4, 0.5) is 27.9 Å². The molecule has 0 aromatic carbocycles. The molecule has 26 heavy (non-hydrogen) atoms. The highest BCUT2D eigenvalue weighted by Gasteiger charge is 2.24. The van der Waals surface area contributed by atoms with E-state index in [0.717, 1.165) is 5.56 Å². The molecule has 0 bridgehead atoms. The molecule has 138 valence electrons. The summed E-state index contributed by atoms with van der Waals surface area (Å²) in [6.45, 7) is 6.54. The molecule has 3 heterocycles. The zero-order valence-electron chi connectivity index (χ0n) is 15.0. The third-order valence-corrected chi connectivity index (χ3v) is 4.13. The highest BCUT2D eigenvalue weighted by Crippen LogP contribution is 2.28. The van der Waals surface area contributed by atoms with E-state index in [1.54, 1.807) is 18.0 Å². The number of nitrogen functional groups attached to an aromatic ring is 1. The number of carbonyl (C=O) groups is 1. The summed E-state index contributed by atoms with van der Waals surface area (Å²) < 4.78 is 5.04. The number of nitrogens with two attached hydrogens (primary N) is 1. The summed E-state index contributed by atoms with van der Waals surface area (Å²) >= 11 is 0. The standard InChI is InChI=1S/C17H23N7O2/c1-3-26-17(25)24-8-6-23(7-9-24)16-14(18)15(20-11-21-16)22-13-10-12(2)4-5-19-13/h4-5,10-11H,3,6-9,18H2,1-2H3,(H,19,20,21,22). The van der Waals surface area contributed by atoms with E-state index in [-0.39, 0.29) is 6.09 Å². The molecule has 1 amide bonds. The fourth-order valence-electron chi connectivity index (χ4n) is 2.78. The maximum Gasteiger partial charge on any atom is 0.409 e. The van der Waals surface area contributed by atoms with Crippen LogP contribution >= 0.6 is 0 Å². The molecule has 9 nitrogen and oxygen atoms in total. The van der Waals surface area contributed by atoms with Crippen LogP contribution in [0.3, 0.4) is 0 Å². The number of carbonyl (C=O) groups excluding carboxylic acids is 1. The molecule has 0 radical (unpaired) electrons. The van der Waals surface area contributed by atoms with Gasteiger partial charge in [-0.05, 0) is 31.5 Å². The van der Waals surface area contributed by atoms with E-state index < -0.39 is 0 Å². The number of hydrogen-bond acceptors (Lipinski definition) is 8. The van der Waals surface area contributed by atoms with E-state index in [4.69, 9.17) is 10.5 Å². The van der Waals surface area contributed by atoms with Gasteiger partial charge >= 0.3 is 6.09 Å². The van der Waals surface area contributed by atoms with Crippen LogP contribution in [0.5, 0.6) is 0 Å². The topological polar surface area (TPSA) is 110 Å². The van der Waals surface area contributed by atoms with Crippen LogP contribution in [-0.2, 0) is 4.74 Å². The molecule has 2 aromatic heterocycles. The number of ether oxygens (including phenoxy) is 1. The second kappa shape index (κ2) is 7.85. The number of amides is 1. The zero-order chi connectivity index (χ0) is 18.5. The Morgan fingerprint density at radius 1 is 1.27 bits per heavy atom. The monoisotopic (exact) mass is 357 g/mol. The van der Waals surface area contributed by atoms with E-state index in [2.05, 4.69) is 20.3 Å². The van der Waals surface area contributed by atoms with Crippen molar-refractivity contribution in [3.05, 3.63) is 30.2 Å². The second-order valence-electron chi connectivity index (χ2n) is 5.98. The van der Waals surface area contributed by atoms with Crippen molar-refractivity contribution < 1.29 is 9.53 Å². The number of anilines is 4. The first kappa shape index (κ1) is 17.7. The SMILES string of the molecule is CCOC(=O)N1CCN(c2ncnc(Nc3cc(C)ccn3)c2N)CC1. The molecule has 3 rings (SSSR count). The Bertz CT molecular complexity index is 775. The van der Waals surface area contributed by atoms with Crippen LogP contribution in [-0.4, -0.2) is 58.7 Å². The van der Waals surface area contributed by atoms with Gasteiger partial charge < -0.3 is 25.6 Å². The Morgan fingerprint density at radius 3 is 2.73 bits per heavy atom. The molecule has 1 aliphatic heterocycles. The Kier molecular flexibility index (Phi) is 5.35. The van der Waals surface area contributed by atoms with Crippen LogP contribution in [0.15, 0.2) is 24.7 Å². The molecule has 0 spiro atoms. The number of piperazine rings is 1. The summed E-state index contributed by atoms with van der Waals surface area (Å²) in [5, 5.41) is 3.14. The third kappa shape index (κ3) is 3.93. The largest absolute Gasteiger partial charge is 0.450 e.